The van der Waals surface area contributed by atoms with Gasteiger partial charge in [0.1, 0.15) is 0 Å². The van der Waals surface area contributed by atoms with E-state index in [2.05, 4.69) is 0 Å². The quantitative estimate of drug-likeness (QED) is 0.322. The molecular formula is C18H24Cl2O6P2. The van der Waals surface area contributed by atoms with Crippen molar-refractivity contribution >= 4 is 40.4 Å². The summed E-state index contributed by atoms with van der Waals surface area (Å²) in [6.07, 6.45) is 0. The number of hydrogen-bond donors (Lipinski definition) is 2. The summed E-state index contributed by atoms with van der Waals surface area (Å²) in [5.41, 5.74) is 2.03. The molecular weight excluding hydrogens is 445 g/mol. The number of benzene rings is 2. The SMILES string of the molecule is OP(OCCCl)OCCCl.OP(OCc1ccccc1)OCc1ccccc1. The molecule has 0 fully saturated rings. The van der Waals surface area contributed by atoms with Crippen molar-refractivity contribution in [3.8, 4) is 0 Å². The first-order chi connectivity index (χ1) is 13.7. The van der Waals surface area contributed by atoms with E-state index in [9.17, 15) is 4.89 Å². The van der Waals surface area contributed by atoms with Crippen molar-refractivity contribution in [2.45, 2.75) is 13.2 Å². The largest absolute Gasteiger partial charge is 0.330 e. The van der Waals surface area contributed by atoms with Gasteiger partial charge in [0.05, 0.1) is 26.4 Å². The maximum absolute atomic E-state index is 9.59. The van der Waals surface area contributed by atoms with Crippen LogP contribution in [0, 0.1) is 0 Å². The van der Waals surface area contributed by atoms with Crippen molar-refractivity contribution in [1.29, 1.82) is 0 Å². The summed E-state index contributed by atoms with van der Waals surface area (Å²) in [4.78, 5) is 18.4. The highest BCUT2D eigenvalue weighted by atomic mass is 35.5. The van der Waals surface area contributed by atoms with Gasteiger partial charge in [-0.25, -0.2) is 0 Å². The van der Waals surface area contributed by atoms with Gasteiger partial charge in [-0.15, -0.1) is 23.2 Å². The maximum Gasteiger partial charge on any atom is 0.330 e. The van der Waals surface area contributed by atoms with Crippen LogP contribution in [0.15, 0.2) is 60.7 Å². The number of rotatable bonds is 12. The van der Waals surface area contributed by atoms with Crippen LogP contribution in [0.5, 0.6) is 0 Å². The van der Waals surface area contributed by atoms with Crippen molar-refractivity contribution in [3.63, 3.8) is 0 Å². The second-order valence-corrected chi connectivity index (χ2v) is 7.78. The first-order valence-electron chi connectivity index (χ1n) is 8.35. The molecule has 0 saturated carbocycles. The summed E-state index contributed by atoms with van der Waals surface area (Å²) < 4.78 is 19.9. The topological polar surface area (TPSA) is 77.4 Å². The molecule has 0 heterocycles. The van der Waals surface area contributed by atoms with E-state index in [0.29, 0.717) is 38.2 Å². The fraction of sp³-hybridized carbons (Fsp3) is 0.333. The first-order valence-corrected chi connectivity index (χ1v) is 11.7. The van der Waals surface area contributed by atoms with Crippen LogP contribution < -0.4 is 0 Å². The van der Waals surface area contributed by atoms with Crippen molar-refractivity contribution in [2.24, 2.45) is 0 Å². The van der Waals surface area contributed by atoms with E-state index in [0.717, 1.165) is 11.1 Å². The monoisotopic (exact) mass is 468 g/mol. The minimum atomic E-state index is -1.83. The summed E-state index contributed by atoms with van der Waals surface area (Å²) in [6, 6.07) is 19.4. The minimum absolute atomic E-state index is 0.298. The van der Waals surface area contributed by atoms with Gasteiger partial charge in [0.15, 0.2) is 0 Å². The lowest BCUT2D eigenvalue weighted by Gasteiger charge is -2.10. The van der Waals surface area contributed by atoms with Gasteiger partial charge in [0.25, 0.3) is 0 Å². The van der Waals surface area contributed by atoms with E-state index in [-0.39, 0.29) is 0 Å². The molecule has 0 amide bonds. The van der Waals surface area contributed by atoms with Crippen molar-refractivity contribution in [1.82, 2.24) is 0 Å². The molecule has 0 saturated heterocycles. The number of halogens is 2. The van der Waals surface area contributed by atoms with E-state index >= 15 is 0 Å². The van der Waals surface area contributed by atoms with Gasteiger partial charge in [-0.3, -0.25) is 0 Å². The fourth-order valence-corrected chi connectivity index (χ4v) is 3.24. The predicted octanol–water partition coefficient (Wildman–Crippen LogP) is 5.36. The Morgan fingerprint density at radius 2 is 0.964 bits per heavy atom. The highest BCUT2D eigenvalue weighted by Crippen LogP contribution is 2.35. The summed E-state index contributed by atoms with van der Waals surface area (Å²) in [5, 5.41) is 0. The summed E-state index contributed by atoms with van der Waals surface area (Å²) in [6.45, 7) is 1.31. The molecule has 2 rings (SSSR count). The van der Waals surface area contributed by atoms with Crippen LogP contribution in [0.4, 0.5) is 0 Å². The van der Waals surface area contributed by atoms with Gasteiger partial charge in [-0.2, -0.15) is 0 Å². The highest BCUT2D eigenvalue weighted by molar-refractivity contribution is 7.40. The Kier molecular flexibility index (Phi) is 16.0. The molecule has 0 aliphatic heterocycles. The molecule has 6 nitrogen and oxygen atoms in total. The minimum Gasteiger partial charge on any atom is -0.328 e. The molecule has 0 spiro atoms. The predicted molar refractivity (Wildman–Crippen MR) is 114 cm³/mol. The Bertz CT molecular complexity index is 546. The second kappa shape index (κ2) is 17.5. The zero-order valence-corrected chi connectivity index (χ0v) is 18.5. The molecule has 0 radical (unpaired) electrons. The molecule has 0 unspecified atom stereocenters. The Hall–Kier alpha value is -0.360. The molecule has 2 N–H and O–H groups in total. The molecule has 0 atom stereocenters. The van der Waals surface area contributed by atoms with Crippen LogP contribution >= 0.6 is 40.4 Å². The number of hydrogen-bond acceptors (Lipinski definition) is 6. The van der Waals surface area contributed by atoms with Crippen molar-refractivity contribution < 1.29 is 27.9 Å². The second-order valence-electron chi connectivity index (χ2n) is 5.04. The van der Waals surface area contributed by atoms with Crippen LogP contribution in [-0.4, -0.2) is 34.8 Å². The molecule has 28 heavy (non-hydrogen) atoms. The van der Waals surface area contributed by atoms with E-state index in [1.54, 1.807) is 0 Å². The van der Waals surface area contributed by atoms with E-state index in [1.807, 2.05) is 60.7 Å². The van der Waals surface area contributed by atoms with Crippen LogP contribution in [0.25, 0.3) is 0 Å². The van der Waals surface area contributed by atoms with Crippen LogP contribution in [0.2, 0.25) is 0 Å². The van der Waals surface area contributed by atoms with Gasteiger partial charge in [-0.1, -0.05) is 60.7 Å². The average molecular weight is 469 g/mol. The standard InChI is InChI=1S/C14H15O3P.C4H9Cl2O3P/c15-18(16-11-13-7-3-1-4-8-13)17-12-14-9-5-2-6-10-14;5-1-3-8-10(7)9-4-2-6/h1-10,15H,11-12H2;7H,1-4H2. The Labute approximate surface area is 178 Å². The van der Waals surface area contributed by atoms with Gasteiger partial charge >= 0.3 is 17.2 Å². The Morgan fingerprint density at radius 1 is 0.607 bits per heavy atom. The third kappa shape index (κ3) is 13.8. The van der Waals surface area contributed by atoms with Gasteiger partial charge in [0.2, 0.25) is 0 Å². The fourth-order valence-electron chi connectivity index (χ4n) is 1.71. The summed E-state index contributed by atoms with van der Waals surface area (Å²) >= 11 is 10.5. The Balaban J connectivity index is 0.000000336. The molecule has 156 valence electrons. The average Bonchev–Trinajstić information content (AvgIpc) is 2.75. The lowest BCUT2D eigenvalue weighted by molar-refractivity contribution is 0.187. The molecule has 0 aliphatic rings. The third-order valence-electron chi connectivity index (χ3n) is 2.93. The zero-order valence-electron chi connectivity index (χ0n) is 15.2. The first kappa shape index (κ1) is 25.7. The third-order valence-corrected chi connectivity index (χ3v) is 4.74. The molecule has 2 aromatic rings. The molecule has 2 aromatic carbocycles. The maximum atomic E-state index is 9.59. The molecule has 0 aliphatic carbocycles. The Morgan fingerprint density at radius 3 is 1.32 bits per heavy atom. The van der Waals surface area contributed by atoms with Gasteiger partial charge in [0, 0.05) is 11.8 Å². The van der Waals surface area contributed by atoms with Crippen molar-refractivity contribution in [3.05, 3.63) is 71.8 Å². The molecule has 10 heteroatoms. The normalized spacial score (nSPS) is 10.8. The van der Waals surface area contributed by atoms with Crippen LogP contribution in [-0.2, 0) is 31.3 Å². The smallest absolute Gasteiger partial charge is 0.328 e. The van der Waals surface area contributed by atoms with E-state index < -0.39 is 17.2 Å². The van der Waals surface area contributed by atoms with Crippen LogP contribution in [0.3, 0.4) is 0 Å². The number of alkyl halides is 2. The van der Waals surface area contributed by atoms with Crippen LogP contribution in [0.1, 0.15) is 11.1 Å². The highest BCUT2D eigenvalue weighted by Gasteiger charge is 2.07. The van der Waals surface area contributed by atoms with E-state index in [4.69, 9.17) is 46.2 Å². The molecule has 0 bridgehead atoms. The van der Waals surface area contributed by atoms with Gasteiger partial charge < -0.3 is 27.9 Å². The summed E-state index contributed by atoms with van der Waals surface area (Å²) in [7, 11) is -3.59. The lowest BCUT2D eigenvalue weighted by atomic mass is 10.2. The van der Waals surface area contributed by atoms with Gasteiger partial charge in [-0.05, 0) is 11.1 Å². The lowest BCUT2D eigenvalue weighted by Crippen LogP contribution is -1.95. The summed E-state index contributed by atoms with van der Waals surface area (Å²) in [5.74, 6) is 0.702. The zero-order chi connectivity index (χ0) is 20.5. The van der Waals surface area contributed by atoms with E-state index in [1.165, 1.54) is 0 Å². The molecule has 0 aromatic heterocycles. The van der Waals surface area contributed by atoms with Crippen molar-refractivity contribution in [2.75, 3.05) is 25.0 Å².